The lowest BCUT2D eigenvalue weighted by molar-refractivity contribution is -0.372. The molecule has 20 heteroatoms. The summed E-state index contributed by atoms with van der Waals surface area (Å²) in [7, 11) is 0. The zero-order valence-corrected chi connectivity index (χ0v) is 27.8. The summed E-state index contributed by atoms with van der Waals surface area (Å²) < 4.78 is 27.0. The molecule has 2 aromatic carbocycles. The molecule has 2 aromatic heterocycles. The van der Waals surface area contributed by atoms with Gasteiger partial charge in [0.25, 0.3) is 0 Å². The molecule has 54 heavy (non-hydrogen) atoms. The molecule has 9 atom stereocenters. The third kappa shape index (κ3) is 6.93. The van der Waals surface area contributed by atoms with Gasteiger partial charge in [-0.05, 0) is 36.2 Å². The maximum absolute atomic E-state index is 13.4. The smallest absolute Gasteiger partial charge is 0.340 e. The molecule has 290 valence electrons. The highest BCUT2D eigenvalue weighted by Gasteiger charge is 2.59. The molecule has 2 aliphatic rings. The Labute approximate surface area is 301 Å². The number of benzene rings is 2. The Balaban J connectivity index is 1.36. The fourth-order valence-corrected chi connectivity index (χ4v) is 6.07. The number of carboxylic acid groups (broad SMARTS) is 1. The van der Waals surface area contributed by atoms with E-state index >= 15 is 0 Å². The van der Waals surface area contributed by atoms with Gasteiger partial charge in [0, 0.05) is 41.6 Å². The topological polar surface area (TPSA) is 340 Å². The van der Waals surface area contributed by atoms with Crippen LogP contribution in [0, 0.1) is 0 Å². The van der Waals surface area contributed by atoms with Crippen molar-refractivity contribution in [2.75, 3.05) is 0 Å². The van der Waals surface area contributed by atoms with E-state index in [-0.39, 0.29) is 40.0 Å². The molecule has 0 unspecified atom stereocenters. The molecule has 0 amide bonds. The number of ether oxygens (including phenoxy) is 4. The van der Waals surface area contributed by atoms with E-state index in [4.69, 9.17) is 23.4 Å². The number of esters is 1. The molecular formula is C34H35NO19. The van der Waals surface area contributed by atoms with E-state index in [2.05, 4.69) is 4.98 Å². The lowest BCUT2D eigenvalue weighted by Crippen LogP contribution is -2.69. The Kier molecular flexibility index (Phi) is 10.3. The van der Waals surface area contributed by atoms with Crippen LogP contribution in [0.15, 0.2) is 51.8 Å². The van der Waals surface area contributed by atoms with Crippen LogP contribution in [-0.2, 0) is 36.6 Å². The highest BCUT2D eigenvalue weighted by atomic mass is 16.8. The van der Waals surface area contributed by atoms with Crippen molar-refractivity contribution in [1.82, 2.24) is 4.98 Å². The first kappa shape index (κ1) is 38.4. The number of aliphatic carboxylic acids is 1. The number of hydrogen-bond acceptors (Lipinski definition) is 18. The lowest BCUT2D eigenvalue weighted by Gasteiger charge is -2.43. The standard InChI is InChI=1S/C34H35NO19/c1-2-13-5-11(10-35-13)6-14-19(9-20-21(22(14)39)17(38)8-18(50-20)12-3-4-15(36)16(37)7-12)51-32-25(42)23(40)24(41)27(52-32)31(47)54-33-26(43)28(44)34(48,49)29(53-33)30(45)46/h3-5,7-10,23-29,32-33,35-37,39-44,48-49H,2,6H2,1H3,(H,45,46)/t23-,24-,25+,26+,27-,28+,29+,32-,33+/m0/s1. The van der Waals surface area contributed by atoms with Crippen molar-refractivity contribution in [3.63, 3.8) is 0 Å². The largest absolute Gasteiger partial charge is 0.507 e. The zero-order chi connectivity index (χ0) is 39.4. The maximum atomic E-state index is 13.4. The molecule has 12 N–H and O–H groups in total. The summed E-state index contributed by atoms with van der Waals surface area (Å²) in [5, 5.41) is 113. The van der Waals surface area contributed by atoms with Crippen molar-refractivity contribution in [3.05, 3.63) is 69.6 Å². The second-order valence-corrected chi connectivity index (χ2v) is 12.7. The summed E-state index contributed by atoms with van der Waals surface area (Å²) in [5.74, 6) is -9.26. The number of aromatic hydroxyl groups is 3. The van der Waals surface area contributed by atoms with Crippen molar-refractivity contribution < 1.29 is 89.1 Å². The van der Waals surface area contributed by atoms with Gasteiger partial charge in [-0.1, -0.05) is 6.92 Å². The van der Waals surface area contributed by atoms with E-state index in [1.54, 1.807) is 12.3 Å². The molecule has 0 saturated carbocycles. The third-order valence-electron chi connectivity index (χ3n) is 9.08. The van der Waals surface area contributed by atoms with Crippen LogP contribution in [0.5, 0.6) is 23.0 Å². The first-order chi connectivity index (χ1) is 25.4. The fraction of sp³-hybridized carbons (Fsp3) is 0.382. The molecule has 2 aliphatic heterocycles. The van der Waals surface area contributed by atoms with Gasteiger partial charge in [0.05, 0.1) is 0 Å². The van der Waals surface area contributed by atoms with Crippen molar-refractivity contribution in [1.29, 1.82) is 0 Å². The van der Waals surface area contributed by atoms with Crippen molar-refractivity contribution >= 4 is 22.9 Å². The quantitative estimate of drug-likeness (QED) is 0.0498. The van der Waals surface area contributed by atoms with E-state index in [1.807, 2.05) is 6.92 Å². The molecule has 0 spiro atoms. The van der Waals surface area contributed by atoms with Crippen LogP contribution in [-0.4, -0.2) is 134 Å². The van der Waals surface area contributed by atoms with Gasteiger partial charge in [-0.25, -0.2) is 9.59 Å². The number of fused-ring (bicyclic) bond motifs is 1. The number of phenolic OH excluding ortho intramolecular Hbond substituents is 3. The van der Waals surface area contributed by atoms with Crippen molar-refractivity contribution in [3.8, 4) is 34.3 Å². The van der Waals surface area contributed by atoms with Crippen LogP contribution in [0.2, 0.25) is 0 Å². The highest BCUT2D eigenvalue weighted by Crippen LogP contribution is 2.40. The monoisotopic (exact) mass is 761 g/mol. The van der Waals surface area contributed by atoms with Crippen LogP contribution in [0.4, 0.5) is 0 Å². The third-order valence-corrected chi connectivity index (χ3v) is 9.08. The number of carbonyl (C=O) groups is 2. The van der Waals surface area contributed by atoms with Gasteiger partial charge in [-0.15, -0.1) is 0 Å². The van der Waals surface area contributed by atoms with E-state index in [0.29, 0.717) is 12.0 Å². The van der Waals surface area contributed by atoms with Gasteiger partial charge in [-0.2, -0.15) is 0 Å². The van der Waals surface area contributed by atoms with Gasteiger partial charge >= 0.3 is 11.9 Å². The number of aromatic nitrogens is 1. The molecule has 2 fully saturated rings. The lowest BCUT2D eigenvalue weighted by atomic mass is 9.94. The van der Waals surface area contributed by atoms with E-state index in [1.165, 1.54) is 6.07 Å². The molecule has 2 saturated heterocycles. The Morgan fingerprint density at radius 1 is 0.889 bits per heavy atom. The molecule has 0 radical (unpaired) electrons. The van der Waals surface area contributed by atoms with Crippen LogP contribution < -0.4 is 10.2 Å². The molecule has 0 bridgehead atoms. The second-order valence-electron chi connectivity index (χ2n) is 12.7. The van der Waals surface area contributed by atoms with Gasteiger partial charge < -0.3 is 84.5 Å². The normalized spacial score (nSPS) is 28.1. The number of aromatic amines is 1. The SMILES string of the molecule is CCc1cc(Cc2c(O[C@H]3O[C@H](C(=O)O[C@H]4O[C@H](C(=O)O)C(O)(O)[C@H](O)[C@H]4O)[C@@H](O)[C@H](O)[C@H]3O)cc3oc(-c4ccc(O)c(O)c4)cc(=O)c3c2O)c[nH]1. The summed E-state index contributed by atoms with van der Waals surface area (Å²) >= 11 is 0. The number of hydrogen-bond donors (Lipinski definition) is 12. The molecule has 6 rings (SSSR count). The number of aliphatic hydroxyl groups excluding tert-OH is 5. The first-order valence-corrected chi connectivity index (χ1v) is 16.2. The number of phenols is 3. The summed E-state index contributed by atoms with van der Waals surface area (Å²) in [6.45, 7) is 1.89. The minimum absolute atomic E-state index is 0.0639. The van der Waals surface area contributed by atoms with Crippen LogP contribution in [0.25, 0.3) is 22.3 Å². The van der Waals surface area contributed by atoms with E-state index in [0.717, 1.165) is 30.0 Å². The van der Waals surface area contributed by atoms with Crippen LogP contribution in [0.3, 0.4) is 0 Å². The average Bonchev–Trinajstić information content (AvgIpc) is 3.58. The number of rotatable bonds is 9. The van der Waals surface area contributed by atoms with Crippen molar-refractivity contribution in [2.45, 2.75) is 80.9 Å². The van der Waals surface area contributed by atoms with Crippen molar-refractivity contribution in [2.24, 2.45) is 0 Å². The van der Waals surface area contributed by atoms with Crippen LogP contribution >= 0.6 is 0 Å². The average molecular weight is 762 g/mol. The highest BCUT2D eigenvalue weighted by molar-refractivity contribution is 5.88. The van der Waals surface area contributed by atoms with Gasteiger partial charge in [-0.3, -0.25) is 4.79 Å². The number of carboxylic acids is 1. The molecule has 4 heterocycles. The zero-order valence-electron chi connectivity index (χ0n) is 27.8. The first-order valence-electron chi connectivity index (χ1n) is 16.2. The molecular weight excluding hydrogens is 726 g/mol. The summed E-state index contributed by atoms with van der Waals surface area (Å²) in [4.78, 5) is 41.2. The Morgan fingerprint density at radius 2 is 1.61 bits per heavy atom. The van der Waals surface area contributed by atoms with Gasteiger partial charge in [0.2, 0.25) is 24.5 Å². The van der Waals surface area contributed by atoms with E-state index < -0.39 is 95.7 Å². The molecule has 20 nitrogen and oxygen atoms in total. The summed E-state index contributed by atoms with van der Waals surface area (Å²) in [6, 6.07) is 7.54. The Bertz CT molecular complexity index is 2130. The maximum Gasteiger partial charge on any atom is 0.340 e. The Hall–Kier alpha value is -5.29. The number of carbonyl (C=O) groups excluding carboxylic acids is 1. The second kappa shape index (κ2) is 14.5. The van der Waals surface area contributed by atoms with E-state index in [9.17, 15) is 70.6 Å². The van der Waals surface area contributed by atoms with Gasteiger partial charge in [0.15, 0.2) is 23.0 Å². The molecule has 4 aromatic rings. The minimum Gasteiger partial charge on any atom is -0.507 e. The number of H-pyrrole nitrogens is 1. The predicted molar refractivity (Wildman–Crippen MR) is 175 cm³/mol. The number of nitrogens with one attached hydrogen (secondary N) is 1. The summed E-state index contributed by atoms with van der Waals surface area (Å²) in [6.07, 6.45) is -18.9. The minimum atomic E-state index is -3.53. The summed E-state index contributed by atoms with van der Waals surface area (Å²) in [5.41, 5.74) is 0.478. The number of aryl methyl sites for hydroxylation is 1. The fourth-order valence-electron chi connectivity index (χ4n) is 6.07. The molecule has 0 aliphatic carbocycles. The van der Waals surface area contributed by atoms with Crippen LogP contribution in [0.1, 0.15) is 23.7 Å². The number of aliphatic hydroxyl groups is 7. The van der Waals surface area contributed by atoms with Gasteiger partial charge in [0.1, 0.15) is 58.7 Å². The Morgan fingerprint density at radius 3 is 2.26 bits per heavy atom. The predicted octanol–water partition coefficient (Wildman–Crippen LogP) is -2.00.